The van der Waals surface area contributed by atoms with Gasteiger partial charge in [-0.3, -0.25) is 0 Å². The maximum atomic E-state index is 12.6. The highest BCUT2D eigenvalue weighted by Crippen LogP contribution is 2.29. The highest BCUT2D eigenvalue weighted by molar-refractivity contribution is 5.10. The molecule has 2 nitrogen and oxygen atoms in total. The summed E-state index contributed by atoms with van der Waals surface area (Å²) in [7, 11) is 0. The van der Waals surface area contributed by atoms with Gasteiger partial charge in [0.15, 0.2) is 5.69 Å². The number of hydrogen-bond donors (Lipinski definition) is 0. The molecule has 6 heteroatoms. The minimum Gasteiger partial charge on any atom is -0.242 e. The van der Waals surface area contributed by atoms with Gasteiger partial charge in [0.1, 0.15) is 0 Å². The first-order valence-corrected chi connectivity index (χ1v) is 3.92. The SMILES string of the molecule is CC(C)c1cnc(F)c(C(F)(F)F)n1. The molecule has 0 saturated carbocycles. The molecule has 0 aliphatic heterocycles. The molecule has 0 amide bonds. The van der Waals surface area contributed by atoms with Crippen LogP contribution in [-0.2, 0) is 6.18 Å². The van der Waals surface area contributed by atoms with Crippen molar-refractivity contribution in [2.45, 2.75) is 25.9 Å². The third kappa shape index (κ3) is 2.18. The van der Waals surface area contributed by atoms with Crippen molar-refractivity contribution in [3.63, 3.8) is 0 Å². The number of halogens is 4. The van der Waals surface area contributed by atoms with Crippen molar-refractivity contribution in [3.8, 4) is 0 Å². The summed E-state index contributed by atoms with van der Waals surface area (Å²) in [6.45, 7) is 3.31. The number of alkyl halides is 3. The lowest BCUT2D eigenvalue weighted by Crippen LogP contribution is -2.14. The average molecular weight is 208 g/mol. The van der Waals surface area contributed by atoms with E-state index in [0.29, 0.717) is 0 Å². The molecular weight excluding hydrogens is 200 g/mol. The van der Waals surface area contributed by atoms with E-state index in [1.807, 2.05) is 0 Å². The monoisotopic (exact) mass is 208 g/mol. The molecule has 0 atom stereocenters. The van der Waals surface area contributed by atoms with Crippen LogP contribution in [-0.4, -0.2) is 9.97 Å². The Bertz CT molecular complexity index is 333. The second-order valence-electron chi connectivity index (χ2n) is 3.09. The molecule has 0 N–H and O–H groups in total. The molecule has 0 bridgehead atoms. The maximum Gasteiger partial charge on any atom is 0.437 e. The Balaban J connectivity index is 3.22. The van der Waals surface area contributed by atoms with Crippen LogP contribution in [0.25, 0.3) is 0 Å². The Hall–Kier alpha value is -1.20. The van der Waals surface area contributed by atoms with Crippen LogP contribution >= 0.6 is 0 Å². The molecule has 1 aromatic rings. The lowest BCUT2D eigenvalue weighted by Gasteiger charge is -2.09. The number of nitrogens with zero attached hydrogens (tertiary/aromatic N) is 2. The zero-order valence-corrected chi connectivity index (χ0v) is 7.56. The van der Waals surface area contributed by atoms with E-state index >= 15 is 0 Å². The minimum absolute atomic E-state index is 0.124. The third-order valence-electron chi connectivity index (χ3n) is 1.61. The third-order valence-corrected chi connectivity index (χ3v) is 1.61. The Morgan fingerprint density at radius 3 is 2.29 bits per heavy atom. The van der Waals surface area contributed by atoms with Crippen molar-refractivity contribution in [2.24, 2.45) is 0 Å². The predicted molar refractivity (Wildman–Crippen MR) is 41.1 cm³/mol. The van der Waals surface area contributed by atoms with Crippen molar-refractivity contribution in [1.82, 2.24) is 9.97 Å². The molecule has 0 radical (unpaired) electrons. The molecule has 0 aliphatic rings. The maximum absolute atomic E-state index is 12.6. The van der Waals surface area contributed by atoms with Crippen LogP contribution in [0.4, 0.5) is 17.6 Å². The highest BCUT2D eigenvalue weighted by Gasteiger charge is 2.37. The van der Waals surface area contributed by atoms with Crippen LogP contribution < -0.4 is 0 Å². The normalized spacial score (nSPS) is 12.2. The van der Waals surface area contributed by atoms with Crippen molar-refractivity contribution in [1.29, 1.82) is 0 Å². The molecule has 1 heterocycles. The zero-order chi connectivity index (χ0) is 10.9. The standard InChI is InChI=1S/C8H8F4N2/c1-4(2)5-3-13-7(9)6(14-5)8(10,11)12/h3-4H,1-2H3. The Morgan fingerprint density at radius 1 is 1.29 bits per heavy atom. The lowest BCUT2D eigenvalue weighted by atomic mass is 10.1. The molecule has 78 valence electrons. The quantitative estimate of drug-likeness (QED) is 0.663. The van der Waals surface area contributed by atoms with Crippen LogP contribution in [0.15, 0.2) is 6.20 Å². The van der Waals surface area contributed by atoms with E-state index in [2.05, 4.69) is 9.97 Å². The Labute approximate surface area is 78.0 Å². The summed E-state index contributed by atoms with van der Waals surface area (Å²) in [5.74, 6) is -1.80. The van der Waals surface area contributed by atoms with E-state index < -0.39 is 17.8 Å². The van der Waals surface area contributed by atoms with Crippen LogP contribution in [0, 0.1) is 5.95 Å². The first kappa shape index (κ1) is 10.9. The molecule has 1 aromatic heterocycles. The fourth-order valence-corrected chi connectivity index (χ4v) is 0.847. The van der Waals surface area contributed by atoms with Crippen LogP contribution in [0.5, 0.6) is 0 Å². The summed E-state index contributed by atoms with van der Waals surface area (Å²) in [5.41, 5.74) is -1.43. The summed E-state index contributed by atoms with van der Waals surface area (Å²) in [5, 5.41) is 0. The lowest BCUT2D eigenvalue weighted by molar-refractivity contribution is -0.144. The number of hydrogen-bond acceptors (Lipinski definition) is 2. The summed E-state index contributed by atoms with van der Waals surface area (Å²) < 4.78 is 49.1. The van der Waals surface area contributed by atoms with E-state index in [1.54, 1.807) is 13.8 Å². The smallest absolute Gasteiger partial charge is 0.242 e. The Morgan fingerprint density at radius 2 is 1.86 bits per heavy atom. The van der Waals surface area contributed by atoms with Gasteiger partial charge in [-0.15, -0.1) is 0 Å². The molecule has 0 saturated heterocycles. The van der Waals surface area contributed by atoms with Crippen molar-refractivity contribution in [3.05, 3.63) is 23.5 Å². The van der Waals surface area contributed by atoms with Crippen LogP contribution in [0.3, 0.4) is 0 Å². The summed E-state index contributed by atoms with van der Waals surface area (Å²) in [6, 6.07) is 0. The summed E-state index contributed by atoms with van der Waals surface area (Å²) >= 11 is 0. The van der Waals surface area contributed by atoms with E-state index in [0.717, 1.165) is 6.20 Å². The molecular formula is C8H8F4N2. The second kappa shape index (κ2) is 3.51. The van der Waals surface area contributed by atoms with E-state index in [4.69, 9.17) is 0 Å². The van der Waals surface area contributed by atoms with E-state index in [9.17, 15) is 17.6 Å². The minimum atomic E-state index is -4.79. The molecule has 0 fully saturated rings. The molecule has 0 aromatic carbocycles. The van der Waals surface area contributed by atoms with Crippen molar-refractivity contribution in [2.75, 3.05) is 0 Å². The number of rotatable bonds is 1. The van der Waals surface area contributed by atoms with Gasteiger partial charge in [-0.05, 0) is 5.92 Å². The van der Waals surface area contributed by atoms with Crippen molar-refractivity contribution >= 4 is 0 Å². The largest absolute Gasteiger partial charge is 0.437 e. The van der Waals surface area contributed by atoms with E-state index in [-0.39, 0.29) is 11.6 Å². The van der Waals surface area contributed by atoms with Crippen LogP contribution in [0.2, 0.25) is 0 Å². The number of aromatic nitrogens is 2. The first-order chi connectivity index (χ1) is 6.32. The molecule has 0 spiro atoms. The van der Waals surface area contributed by atoms with Gasteiger partial charge in [0.2, 0.25) is 5.95 Å². The van der Waals surface area contributed by atoms with Gasteiger partial charge in [-0.2, -0.15) is 17.6 Å². The average Bonchev–Trinajstić information content (AvgIpc) is 2.02. The molecule has 14 heavy (non-hydrogen) atoms. The van der Waals surface area contributed by atoms with Gasteiger partial charge in [-0.25, -0.2) is 9.97 Å². The first-order valence-electron chi connectivity index (χ1n) is 3.92. The predicted octanol–water partition coefficient (Wildman–Crippen LogP) is 2.76. The van der Waals surface area contributed by atoms with E-state index in [1.165, 1.54) is 0 Å². The fraction of sp³-hybridized carbons (Fsp3) is 0.500. The van der Waals surface area contributed by atoms with Gasteiger partial charge in [-0.1, -0.05) is 13.8 Å². The Kier molecular flexibility index (Phi) is 2.73. The molecule has 0 unspecified atom stereocenters. The highest BCUT2D eigenvalue weighted by atomic mass is 19.4. The fourth-order valence-electron chi connectivity index (χ4n) is 0.847. The van der Waals surface area contributed by atoms with Gasteiger partial charge >= 0.3 is 6.18 Å². The summed E-state index contributed by atoms with van der Waals surface area (Å²) in [6.07, 6.45) is -3.78. The van der Waals surface area contributed by atoms with Gasteiger partial charge in [0.25, 0.3) is 0 Å². The molecule has 0 aliphatic carbocycles. The topological polar surface area (TPSA) is 25.8 Å². The summed E-state index contributed by atoms with van der Waals surface area (Å²) in [4.78, 5) is 6.20. The van der Waals surface area contributed by atoms with Gasteiger partial charge in [0, 0.05) is 0 Å². The van der Waals surface area contributed by atoms with Gasteiger partial charge < -0.3 is 0 Å². The van der Waals surface area contributed by atoms with Gasteiger partial charge in [0.05, 0.1) is 11.9 Å². The van der Waals surface area contributed by atoms with Crippen LogP contribution in [0.1, 0.15) is 31.2 Å². The second-order valence-corrected chi connectivity index (χ2v) is 3.09. The van der Waals surface area contributed by atoms with Crippen molar-refractivity contribution < 1.29 is 17.6 Å². The zero-order valence-electron chi connectivity index (χ0n) is 7.56. The molecule has 1 rings (SSSR count).